The molecule has 0 aliphatic carbocycles. The Labute approximate surface area is 94.8 Å². The highest BCUT2D eigenvalue weighted by atomic mass is 16.5. The maximum absolute atomic E-state index is 5.66. The summed E-state index contributed by atoms with van der Waals surface area (Å²) in [5, 5.41) is 3.40. The molecule has 0 amide bonds. The predicted octanol–water partition coefficient (Wildman–Crippen LogP) is 2.83. The molecule has 1 heterocycles. The van der Waals surface area contributed by atoms with Gasteiger partial charge in [0.2, 0.25) is 0 Å². The van der Waals surface area contributed by atoms with E-state index in [1.54, 1.807) is 0 Å². The lowest BCUT2D eigenvalue weighted by atomic mass is 9.73. The van der Waals surface area contributed by atoms with Crippen molar-refractivity contribution >= 4 is 0 Å². The van der Waals surface area contributed by atoms with Crippen molar-refractivity contribution < 1.29 is 4.74 Å². The zero-order chi connectivity index (χ0) is 11.1. The molecular formula is C13H27NO. The van der Waals surface area contributed by atoms with Crippen LogP contribution in [0.2, 0.25) is 0 Å². The maximum atomic E-state index is 5.66. The van der Waals surface area contributed by atoms with Gasteiger partial charge >= 0.3 is 0 Å². The van der Waals surface area contributed by atoms with Gasteiger partial charge in [-0.2, -0.15) is 0 Å². The lowest BCUT2D eigenvalue weighted by molar-refractivity contribution is 0.0506. The zero-order valence-corrected chi connectivity index (χ0v) is 10.6. The van der Waals surface area contributed by atoms with Gasteiger partial charge in [-0.15, -0.1) is 0 Å². The van der Waals surface area contributed by atoms with E-state index in [2.05, 4.69) is 26.1 Å². The van der Waals surface area contributed by atoms with Crippen molar-refractivity contribution in [2.75, 3.05) is 26.3 Å². The van der Waals surface area contributed by atoms with E-state index >= 15 is 0 Å². The second-order valence-electron chi connectivity index (χ2n) is 5.42. The molecule has 2 heteroatoms. The molecule has 0 unspecified atom stereocenters. The molecule has 90 valence electrons. The fraction of sp³-hybridized carbons (Fsp3) is 1.00. The quantitative estimate of drug-likeness (QED) is 0.626. The van der Waals surface area contributed by atoms with E-state index in [-0.39, 0.29) is 0 Å². The lowest BCUT2D eigenvalue weighted by Gasteiger charge is -2.44. The number of unbranched alkanes of at least 4 members (excludes halogenated alkanes) is 1. The van der Waals surface area contributed by atoms with Gasteiger partial charge in [-0.05, 0) is 30.6 Å². The fourth-order valence-electron chi connectivity index (χ4n) is 2.40. The van der Waals surface area contributed by atoms with E-state index in [1.807, 2.05) is 0 Å². The monoisotopic (exact) mass is 213 g/mol. The third-order valence-corrected chi connectivity index (χ3v) is 3.26. The predicted molar refractivity (Wildman–Crippen MR) is 65.1 cm³/mol. The minimum atomic E-state index is 0.556. The smallest absolute Gasteiger partial charge is 0.0472 e. The maximum Gasteiger partial charge on any atom is 0.0472 e. The largest absolute Gasteiger partial charge is 0.381 e. The number of nitrogens with one attached hydrogen (secondary N) is 1. The molecule has 0 aromatic heterocycles. The van der Waals surface area contributed by atoms with Crippen molar-refractivity contribution in [2.24, 2.45) is 11.3 Å². The lowest BCUT2D eigenvalue weighted by Crippen LogP contribution is -2.54. The molecule has 0 atom stereocenters. The number of rotatable bonds is 8. The van der Waals surface area contributed by atoms with Gasteiger partial charge in [-0.25, -0.2) is 0 Å². The summed E-state index contributed by atoms with van der Waals surface area (Å²) in [6.45, 7) is 11.1. The van der Waals surface area contributed by atoms with Crippen molar-refractivity contribution in [3.05, 3.63) is 0 Å². The van der Waals surface area contributed by atoms with Crippen LogP contribution >= 0.6 is 0 Å². The van der Waals surface area contributed by atoms with E-state index in [0.717, 1.165) is 19.1 Å². The Morgan fingerprint density at radius 2 is 2.00 bits per heavy atom. The molecule has 1 rings (SSSR count). The first kappa shape index (κ1) is 13.0. The summed E-state index contributed by atoms with van der Waals surface area (Å²) in [7, 11) is 0. The highest BCUT2D eigenvalue weighted by Gasteiger charge is 2.36. The zero-order valence-electron chi connectivity index (χ0n) is 10.6. The normalized spacial score (nSPS) is 19.2. The second-order valence-corrected chi connectivity index (χ2v) is 5.42. The molecule has 0 saturated carbocycles. The minimum absolute atomic E-state index is 0.556. The summed E-state index contributed by atoms with van der Waals surface area (Å²) in [5.74, 6) is 0.808. The Bertz CT molecular complexity index is 164. The van der Waals surface area contributed by atoms with Gasteiger partial charge in [-0.3, -0.25) is 0 Å². The average Bonchev–Trinajstić information content (AvgIpc) is 2.12. The Morgan fingerprint density at radius 1 is 1.27 bits per heavy atom. The topological polar surface area (TPSA) is 21.3 Å². The van der Waals surface area contributed by atoms with E-state index in [4.69, 9.17) is 4.74 Å². The number of hydrogen-bond donors (Lipinski definition) is 1. The van der Waals surface area contributed by atoms with Crippen LogP contribution in [0.3, 0.4) is 0 Å². The highest BCUT2D eigenvalue weighted by Crippen LogP contribution is 2.34. The fourth-order valence-corrected chi connectivity index (χ4v) is 2.40. The van der Waals surface area contributed by atoms with Crippen LogP contribution in [0.4, 0.5) is 0 Å². The number of ether oxygens (including phenoxy) is 1. The van der Waals surface area contributed by atoms with Crippen LogP contribution in [0, 0.1) is 11.3 Å². The van der Waals surface area contributed by atoms with Gasteiger partial charge in [-0.1, -0.05) is 27.2 Å². The molecule has 0 spiro atoms. The minimum Gasteiger partial charge on any atom is -0.381 e. The molecule has 2 nitrogen and oxygen atoms in total. The van der Waals surface area contributed by atoms with Gasteiger partial charge in [0, 0.05) is 26.3 Å². The summed E-state index contributed by atoms with van der Waals surface area (Å²) in [6.07, 6.45) is 5.02. The Balaban J connectivity index is 2.11. The van der Waals surface area contributed by atoms with E-state index in [9.17, 15) is 0 Å². The van der Waals surface area contributed by atoms with Gasteiger partial charge in [0.25, 0.3) is 0 Å². The summed E-state index contributed by atoms with van der Waals surface area (Å²) in [4.78, 5) is 0. The number of hydrogen-bond acceptors (Lipinski definition) is 2. The molecule has 15 heavy (non-hydrogen) atoms. The van der Waals surface area contributed by atoms with Crippen molar-refractivity contribution in [3.8, 4) is 0 Å². The van der Waals surface area contributed by atoms with Gasteiger partial charge in [0.05, 0.1) is 0 Å². The van der Waals surface area contributed by atoms with Crippen molar-refractivity contribution in [3.63, 3.8) is 0 Å². The van der Waals surface area contributed by atoms with E-state index in [0.29, 0.717) is 5.41 Å². The van der Waals surface area contributed by atoms with E-state index < -0.39 is 0 Å². The molecule has 1 saturated heterocycles. The van der Waals surface area contributed by atoms with Crippen LogP contribution in [0.5, 0.6) is 0 Å². The first-order valence-electron chi connectivity index (χ1n) is 6.47. The Kier molecular flexibility index (Phi) is 5.62. The third kappa shape index (κ3) is 4.52. The highest BCUT2D eigenvalue weighted by molar-refractivity contribution is 4.92. The van der Waals surface area contributed by atoms with Crippen LogP contribution in [0.1, 0.15) is 46.5 Å². The van der Waals surface area contributed by atoms with Crippen LogP contribution < -0.4 is 5.32 Å². The molecular weight excluding hydrogens is 186 g/mol. The van der Waals surface area contributed by atoms with Gasteiger partial charge in [0.15, 0.2) is 0 Å². The Morgan fingerprint density at radius 3 is 2.47 bits per heavy atom. The SMILES string of the molecule is CCCCOCCC1(CC(C)C)CNC1. The molecule has 1 fully saturated rings. The molecule has 0 aromatic carbocycles. The van der Waals surface area contributed by atoms with Gasteiger partial charge < -0.3 is 10.1 Å². The van der Waals surface area contributed by atoms with Crippen LogP contribution in [-0.4, -0.2) is 26.3 Å². The van der Waals surface area contributed by atoms with Crippen LogP contribution in [0.15, 0.2) is 0 Å². The molecule has 0 aromatic rings. The van der Waals surface area contributed by atoms with Crippen LogP contribution in [-0.2, 0) is 4.74 Å². The molecule has 1 N–H and O–H groups in total. The molecule has 1 aliphatic rings. The van der Waals surface area contributed by atoms with E-state index in [1.165, 1.54) is 38.8 Å². The molecule has 0 radical (unpaired) electrons. The summed E-state index contributed by atoms with van der Waals surface area (Å²) >= 11 is 0. The van der Waals surface area contributed by atoms with Crippen LogP contribution in [0.25, 0.3) is 0 Å². The summed E-state index contributed by atoms with van der Waals surface area (Å²) in [6, 6.07) is 0. The second kappa shape index (κ2) is 6.49. The molecule has 0 bridgehead atoms. The average molecular weight is 213 g/mol. The van der Waals surface area contributed by atoms with Crippen molar-refractivity contribution in [1.29, 1.82) is 0 Å². The summed E-state index contributed by atoms with van der Waals surface area (Å²) in [5.41, 5.74) is 0.556. The van der Waals surface area contributed by atoms with Gasteiger partial charge in [0.1, 0.15) is 0 Å². The third-order valence-electron chi connectivity index (χ3n) is 3.26. The van der Waals surface area contributed by atoms with Crippen molar-refractivity contribution in [1.82, 2.24) is 5.32 Å². The first-order chi connectivity index (χ1) is 7.18. The Hall–Kier alpha value is -0.0800. The summed E-state index contributed by atoms with van der Waals surface area (Å²) < 4.78 is 5.66. The van der Waals surface area contributed by atoms with Crippen molar-refractivity contribution in [2.45, 2.75) is 46.5 Å². The standard InChI is InChI=1S/C13H27NO/c1-4-5-7-15-8-6-13(9-12(2)3)10-14-11-13/h12,14H,4-11H2,1-3H3. The first-order valence-corrected chi connectivity index (χ1v) is 6.47. The molecule has 1 aliphatic heterocycles.